The van der Waals surface area contributed by atoms with Crippen LogP contribution >= 0.6 is 0 Å². The molecule has 2 aromatic carbocycles. The van der Waals surface area contributed by atoms with Gasteiger partial charge in [0.2, 0.25) is 0 Å². The zero-order chi connectivity index (χ0) is 16.7. The molecule has 0 bridgehead atoms. The fraction of sp³-hybridized carbons (Fsp3) is 0.0556. The summed E-state index contributed by atoms with van der Waals surface area (Å²) in [6, 6.07) is 16.8. The van der Waals surface area contributed by atoms with E-state index in [0.717, 1.165) is 11.1 Å². The minimum absolute atomic E-state index is 0.0622. The maximum atomic E-state index is 11.3. The quantitative estimate of drug-likeness (QED) is 0.623. The maximum absolute atomic E-state index is 11.3. The molecule has 0 saturated heterocycles. The van der Waals surface area contributed by atoms with Gasteiger partial charge >= 0.3 is 12.0 Å². The number of oxazole rings is 1. The van der Waals surface area contributed by atoms with E-state index < -0.39 is 5.97 Å². The van der Waals surface area contributed by atoms with E-state index in [0.29, 0.717) is 16.8 Å². The molecule has 0 radical (unpaired) electrons. The van der Waals surface area contributed by atoms with Crippen molar-refractivity contribution in [1.82, 2.24) is 14.8 Å². The number of aromatic carboxylic acids is 1. The molecule has 6 heteroatoms. The first kappa shape index (κ1) is 14.2. The second kappa shape index (κ2) is 5.34. The van der Waals surface area contributed by atoms with Crippen LogP contribution in [0.3, 0.4) is 0 Å². The van der Waals surface area contributed by atoms with Crippen molar-refractivity contribution in [2.45, 2.75) is 6.92 Å². The molecule has 0 unspecified atom stereocenters. The van der Waals surface area contributed by atoms with Crippen LogP contribution in [0.2, 0.25) is 0 Å². The van der Waals surface area contributed by atoms with Gasteiger partial charge < -0.3 is 9.52 Å². The monoisotopic (exact) mass is 319 g/mol. The number of carboxylic acids is 1. The fourth-order valence-corrected chi connectivity index (χ4v) is 2.51. The molecule has 2 heterocycles. The van der Waals surface area contributed by atoms with Crippen molar-refractivity contribution in [2.24, 2.45) is 0 Å². The van der Waals surface area contributed by atoms with Crippen LogP contribution in [0, 0.1) is 6.92 Å². The molecule has 6 nitrogen and oxygen atoms in total. The van der Waals surface area contributed by atoms with E-state index in [1.807, 2.05) is 49.4 Å². The van der Waals surface area contributed by atoms with Crippen molar-refractivity contribution < 1.29 is 14.3 Å². The number of aromatic nitrogens is 3. The molecule has 0 saturated carbocycles. The Morgan fingerprint density at radius 3 is 2.58 bits per heavy atom. The molecular formula is C18H13N3O3. The minimum Gasteiger partial charge on any atom is -0.476 e. The first-order chi connectivity index (χ1) is 11.6. The Bertz CT molecular complexity index is 1010. The third-order valence-corrected chi connectivity index (χ3v) is 3.74. The predicted octanol–water partition coefficient (Wildman–Crippen LogP) is 3.69. The predicted molar refractivity (Wildman–Crippen MR) is 88.3 cm³/mol. The summed E-state index contributed by atoms with van der Waals surface area (Å²) in [4.78, 5) is 15.7. The van der Waals surface area contributed by atoms with E-state index in [-0.39, 0.29) is 11.7 Å². The highest BCUT2D eigenvalue weighted by Gasteiger charge is 2.19. The summed E-state index contributed by atoms with van der Waals surface area (Å²) in [6.45, 7) is 1.99. The van der Waals surface area contributed by atoms with Crippen LogP contribution < -0.4 is 0 Å². The largest absolute Gasteiger partial charge is 0.476 e. The summed E-state index contributed by atoms with van der Waals surface area (Å²) in [5.41, 5.74) is 3.81. The molecule has 0 aliphatic rings. The normalized spacial score (nSPS) is 11.0. The van der Waals surface area contributed by atoms with Gasteiger partial charge in [-0.1, -0.05) is 42.0 Å². The number of fused-ring (bicyclic) bond motifs is 1. The number of nitrogens with zero attached hydrogens (tertiary/aromatic N) is 3. The van der Waals surface area contributed by atoms with Gasteiger partial charge in [0.1, 0.15) is 5.52 Å². The average Bonchev–Trinajstić information content (AvgIpc) is 3.19. The van der Waals surface area contributed by atoms with Gasteiger partial charge in [-0.15, -0.1) is 0 Å². The molecule has 4 rings (SSSR count). The Hall–Kier alpha value is -3.41. The molecule has 0 amide bonds. The number of para-hydroxylation sites is 2. The number of hydrogen-bond acceptors (Lipinski definition) is 4. The minimum atomic E-state index is -1.10. The van der Waals surface area contributed by atoms with Crippen molar-refractivity contribution >= 4 is 17.1 Å². The highest BCUT2D eigenvalue weighted by atomic mass is 16.4. The van der Waals surface area contributed by atoms with Crippen LogP contribution in [0.5, 0.6) is 0 Å². The molecule has 2 aromatic heterocycles. The van der Waals surface area contributed by atoms with E-state index in [9.17, 15) is 9.90 Å². The lowest BCUT2D eigenvalue weighted by atomic mass is 10.1. The number of carboxylic acid groups (broad SMARTS) is 1. The molecule has 24 heavy (non-hydrogen) atoms. The molecule has 0 aliphatic carbocycles. The molecular weight excluding hydrogens is 306 g/mol. The van der Waals surface area contributed by atoms with E-state index in [2.05, 4.69) is 10.1 Å². The van der Waals surface area contributed by atoms with Gasteiger partial charge in [0.25, 0.3) is 0 Å². The first-order valence-corrected chi connectivity index (χ1v) is 7.38. The third-order valence-electron chi connectivity index (χ3n) is 3.74. The Kier molecular flexibility index (Phi) is 3.16. The van der Waals surface area contributed by atoms with Crippen molar-refractivity contribution in [2.75, 3.05) is 0 Å². The second-order valence-corrected chi connectivity index (χ2v) is 5.46. The molecule has 4 aromatic rings. The van der Waals surface area contributed by atoms with E-state index >= 15 is 0 Å². The maximum Gasteiger partial charge on any atom is 0.356 e. The van der Waals surface area contributed by atoms with Gasteiger partial charge in [-0.2, -0.15) is 14.8 Å². The molecule has 118 valence electrons. The van der Waals surface area contributed by atoms with Gasteiger partial charge in [-0.25, -0.2) is 4.79 Å². The van der Waals surface area contributed by atoms with Crippen LogP contribution in [0.4, 0.5) is 0 Å². The number of carbonyl (C=O) groups is 1. The highest BCUT2D eigenvalue weighted by molar-refractivity contribution is 5.87. The van der Waals surface area contributed by atoms with Crippen molar-refractivity contribution in [3.05, 3.63) is 65.9 Å². The van der Waals surface area contributed by atoms with E-state index in [1.54, 1.807) is 6.07 Å². The highest BCUT2D eigenvalue weighted by Crippen LogP contribution is 2.26. The number of hydrogen-bond donors (Lipinski definition) is 1. The van der Waals surface area contributed by atoms with Crippen LogP contribution in [0.15, 0.2) is 59.0 Å². The molecule has 0 spiro atoms. The Balaban J connectivity index is 1.93. The number of rotatable bonds is 3. The van der Waals surface area contributed by atoms with E-state index in [4.69, 9.17) is 4.42 Å². The van der Waals surface area contributed by atoms with Crippen LogP contribution in [-0.2, 0) is 0 Å². The number of benzene rings is 2. The average molecular weight is 319 g/mol. The third kappa shape index (κ3) is 2.34. The van der Waals surface area contributed by atoms with Crippen molar-refractivity contribution in [1.29, 1.82) is 0 Å². The fourth-order valence-electron chi connectivity index (χ4n) is 2.51. The first-order valence-electron chi connectivity index (χ1n) is 7.38. The SMILES string of the molecule is Cc1ccc(-c2cc(C(=O)O)nn2-c2nc3ccccc3o2)cc1. The second-order valence-electron chi connectivity index (χ2n) is 5.46. The van der Waals surface area contributed by atoms with Crippen LogP contribution in [0.1, 0.15) is 16.1 Å². The van der Waals surface area contributed by atoms with Crippen LogP contribution in [0.25, 0.3) is 28.4 Å². The topological polar surface area (TPSA) is 81.1 Å². The van der Waals surface area contributed by atoms with E-state index in [1.165, 1.54) is 10.7 Å². The van der Waals surface area contributed by atoms with Crippen molar-refractivity contribution in [3.8, 4) is 17.3 Å². The lowest BCUT2D eigenvalue weighted by molar-refractivity contribution is 0.0690. The van der Waals surface area contributed by atoms with Crippen molar-refractivity contribution in [3.63, 3.8) is 0 Å². The zero-order valence-electron chi connectivity index (χ0n) is 12.8. The molecule has 0 fully saturated rings. The summed E-state index contributed by atoms with van der Waals surface area (Å²) < 4.78 is 7.15. The lowest BCUT2D eigenvalue weighted by Gasteiger charge is -2.03. The Morgan fingerprint density at radius 1 is 1.12 bits per heavy atom. The summed E-state index contributed by atoms with van der Waals surface area (Å²) in [5, 5.41) is 13.4. The van der Waals surface area contributed by atoms with Gasteiger partial charge in [0, 0.05) is 5.56 Å². The smallest absolute Gasteiger partial charge is 0.356 e. The molecule has 0 atom stereocenters. The molecule has 0 aliphatic heterocycles. The number of aryl methyl sites for hydroxylation is 1. The lowest BCUT2D eigenvalue weighted by Crippen LogP contribution is -2.02. The standard InChI is InChI=1S/C18H13N3O3/c1-11-6-8-12(9-7-11)15-10-14(17(22)23)20-21(15)18-19-13-4-2-3-5-16(13)24-18/h2-10H,1H3,(H,22,23). The summed E-state index contributed by atoms with van der Waals surface area (Å²) >= 11 is 0. The van der Waals surface area contributed by atoms with Gasteiger partial charge in [0.15, 0.2) is 11.3 Å². The summed E-state index contributed by atoms with van der Waals surface area (Å²) in [5.74, 6) is -1.10. The van der Waals surface area contributed by atoms with Crippen LogP contribution in [-0.4, -0.2) is 25.8 Å². The summed E-state index contributed by atoms with van der Waals surface area (Å²) in [6.07, 6.45) is 0. The molecule has 1 N–H and O–H groups in total. The van der Waals surface area contributed by atoms with Gasteiger partial charge in [-0.3, -0.25) is 0 Å². The summed E-state index contributed by atoms with van der Waals surface area (Å²) in [7, 11) is 0. The van der Waals surface area contributed by atoms with Gasteiger partial charge in [0.05, 0.1) is 5.69 Å². The zero-order valence-corrected chi connectivity index (χ0v) is 12.8. The van der Waals surface area contributed by atoms with Gasteiger partial charge in [-0.05, 0) is 25.1 Å². The Morgan fingerprint density at radius 2 is 1.88 bits per heavy atom. The Labute approximate surface area is 137 Å².